The summed E-state index contributed by atoms with van der Waals surface area (Å²) < 4.78 is 34.1. The van der Waals surface area contributed by atoms with Crippen molar-refractivity contribution in [3.8, 4) is 0 Å². The van der Waals surface area contributed by atoms with Gasteiger partial charge in [0.2, 0.25) is 0 Å². The number of aryl methyl sites for hydroxylation is 1. The van der Waals surface area contributed by atoms with Crippen molar-refractivity contribution in [2.75, 3.05) is 19.8 Å². The third-order valence-corrected chi connectivity index (χ3v) is 7.09. The van der Waals surface area contributed by atoms with Crippen LogP contribution >= 0.6 is 23.5 Å². The summed E-state index contributed by atoms with van der Waals surface area (Å²) in [5.74, 6) is 0.114. The molecule has 1 aromatic carbocycles. The van der Waals surface area contributed by atoms with Gasteiger partial charge in [-0.1, -0.05) is 35.5 Å². The Kier molecular flexibility index (Phi) is 7.70. The summed E-state index contributed by atoms with van der Waals surface area (Å²) in [6.45, 7) is 4.55. The predicted octanol–water partition coefficient (Wildman–Crippen LogP) is 3.14. The van der Waals surface area contributed by atoms with Gasteiger partial charge in [-0.3, -0.25) is 0 Å². The van der Waals surface area contributed by atoms with Crippen molar-refractivity contribution in [3.63, 3.8) is 0 Å². The molecular weight excluding hydrogens is 416 g/mol. The highest BCUT2D eigenvalue weighted by molar-refractivity contribution is 8.40. The van der Waals surface area contributed by atoms with E-state index >= 15 is 0 Å². The van der Waals surface area contributed by atoms with Crippen LogP contribution in [0, 0.1) is 6.92 Å². The van der Waals surface area contributed by atoms with Crippen LogP contribution in [0.5, 0.6) is 0 Å². The highest BCUT2D eigenvalue weighted by Gasteiger charge is 2.39. The molecule has 0 spiro atoms. The summed E-state index contributed by atoms with van der Waals surface area (Å²) >= 11 is 3.20. The van der Waals surface area contributed by atoms with Crippen LogP contribution < -0.4 is 0 Å². The lowest BCUT2D eigenvalue weighted by Crippen LogP contribution is -2.21. The molecule has 6 nitrogen and oxygen atoms in total. The molecule has 150 valence electrons. The van der Waals surface area contributed by atoms with Crippen molar-refractivity contribution in [2.24, 2.45) is 0 Å². The van der Waals surface area contributed by atoms with Crippen LogP contribution in [-0.2, 0) is 14.9 Å². The average molecular weight is 439 g/mol. The largest absolute Gasteiger partial charge is 0.744 e. The van der Waals surface area contributed by atoms with Crippen LogP contribution in [-0.4, -0.2) is 52.6 Å². The van der Waals surface area contributed by atoms with E-state index in [1.807, 2.05) is 61.1 Å². The number of thioether (sulfide) groups is 2. The highest BCUT2D eigenvalue weighted by atomic mass is 32.2. The fraction of sp³-hybridized carbons (Fsp3) is 0.263. The predicted molar refractivity (Wildman–Crippen MR) is 114 cm³/mol. The zero-order valence-electron chi connectivity index (χ0n) is 16.1. The molecule has 0 saturated heterocycles. The van der Waals surface area contributed by atoms with Gasteiger partial charge in [-0.2, -0.15) is 0 Å². The first-order valence-corrected chi connectivity index (χ1v) is 11.9. The maximum Gasteiger partial charge on any atom is 0.429 e. The van der Waals surface area contributed by atoms with Gasteiger partial charge in [0, 0.05) is 25.0 Å². The van der Waals surface area contributed by atoms with Gasteiger partial charge in [0.15, 0.2) is 11.4 Å². The first kappa shape index (κ1) is 22.5. The van der Waals surface area contributed by atoms with E-state index in [1.54, 1.807) is 35.7 Å². The SMILES string of the molecule is CC[N+]1=C(SC)S/C(=C2/C=CC=CN2C)C1=O.Cc1ccc(S(=O)(=O)[O-])cc1. The molecule has 0 unspecified atom stereocenters. The minimum atomic E-state index is -4.27. The van der Waals surface area contributed by atoms with Crippen LogP contribution in [0.2, 0.25) is 0 Å². The highest BCUT2D eigenvalue weighted by Crippen LogP contribution is 2.35. The molecule has 3 rings (SSSR count). The van der Waals surface area contributed by atoms with Gasteiger partial charge in [-0.25, -0.2) is 13.2 Å². The van der Waals surface area contributed by atoms with Crippen LogP contribution in [0.15, 0.2) is 64.2 Å². The van der Waals surface area contributed by atoms with Crippen molar-refractivity contribution in [1.82, 2.24) is 4.90 Å². The topological polar surface area (TPSA) is 80.5 Å². The Morgan fingerprint density at radius 3 is 2.32 bits per heavy atom. The Morgan fingerprint density at radius 2 is 1.86 bits per heavy atom. The molecular formula is C19H22N2O4S3. The second kappa shape index (κ2) is 9.60. The fourth-order valence-corrected chi connectivity index (χ4v) is 4.94. The lowest BCUT2D eigenvalue weighted by Gasteiger charge is -2.18. The maximum atomic E-state index is 12.3. The number of nitrogens with zero attached hydrogens (tertiary/aromatic N) is 2. The van der Waals surface area contributed by atoms with Crippen molar-refractivity contribution < 1.29 is 22.3 Å². The van der Waals surface area contributed by atoms with Crippen LogP contribution in [0.25, 0.3) is 0 Å². The molecule has 0 aromatic heterocycles. The van der Waals surface area contributed by atoms with Crippen LogP contribution in [0.1, 0.15) is 12.5 Å². The van der Waals surface area contributed by atoms with E-state index in [0.29, 0.717) is 0 Å². The monoisotopic (exact) mass is 438 g/mol. The number of likely N-dealkylation sites (N-methyl/N-ethyl adjacent to an activating group) is 2. The Hall–Kier alpha value is -1.81. The van der Waals surface area contributed by atoms with Gasteiger partial charge >= 0.3 is 5.91 Å². The lowest BCUT2D eigenvalue weighted by molar-refractivity contribution is -0.433. The number of amides is 1. The minimum absolute atomic E-state index is 0.114. The van der Waals surface area contributed by atoms with E-state index in [2.05, 4.69) is 0 Å². The summed E-state index contributed by atoms with van der Waals surface area (Å²) in [4.78, 5) is 14.9. The third kappa shape index (κ3) is 5.38. The van der Waals surface area contributed by atoms with Gasteiger partial charge in [-0.05, 0) is 44.4 Å². The summed E-state index contributed by atoms with van der Waals surface area (Å²) in [7, 11) is -2.31. The maximum absolute atomic E-state index is 12.3. The Balaban J connectivity index is 0.000000221. The van der Waals surface area contributed by atoms with Gasteiger partial charge in [0.1, 0.15) is 10.1 Å². The fourth-order valence-electron chi connectivity index (χ4n) is 2.44. The minimum Gasteiger partial charge on any atom is -0.744 e. The molecule has 0 saturated carbocycles. The number of benzene rings is 1. The van der Waals surface area contributed by atoms with Crippen molar-refractivity contribution >= 4 is 43.9 Å². The molecule has 2 aliphatic heterocycles. The first-order valence-electron chi connectivity index (χ1n) is 8.44. The molecule has 0 N–H and O–H groups in total. The van der Waals surface area contributed by atoms with E-state index in [1.165, 1.54) is 12.1 Å². The first-order chi connectivity index (χ1) is 13.2. The van der Waals surface area contributed by atoms with Gasteiger partial charge in [0.05, 0.1) is 10.6 Å². The number of hydrogen-bond acceptors (Lipinski definition) is 7. The van der Waals surface area contributed by atoms with E-state index in [9.17, 15) is 17.8 Å². The zero-order valence-corrected chi connectivity index (χ0v) is 18.5. The third-order valence-electron chi connectivity index (χ3n) is 3.94. The molecule has 9 heteroatoms. The van der Waals surface area contributed by atoms with E-state index in [-0.39, 0.29) is 10.8 Å². The Morgan fingerprint density at radius 1 is 1.21 bits per heavy atom. The second-order valence-electron chi connectivity index (χ2n) is 5.91. The lowest BCUT2D eigenvalue weighted by atomic mass is 10.2. The zero-order chi connectivity index (χ0) is 20.9. The van der Waals surface area contributed by atoms with Gasteiger partial charge < -0.3 is 9.45 Å². The van der Waals surface area contributed by atoms with Gasteiger partial charge in [0.25, 0.3) is 4.38 Å². The van der Waals surface area contributed by atoms with Crippen LogP contribution in [0.4, 0.5) is 0 Å². The van der Waals surface area contributed by atoms with Gasteiger partial charge in [-0.15, -0.1) is 4.58 Å². The smallest absolute Gasteiger partial charge is 0.429 e. The van der Waals surface area contributed by atoms with Crippen molar-refractivity contribution in [2.45, 2.75) is 18.7 Å². The number of allylic oxidation sites excluding steroid dienone is 3. The van der Waals surface area contributed by atoms with E-state index in [4.69, 9.17) is 0 Å². The molecule has 0 fully saturated rings. The molecule has 2 heterocycles. The van der Waals surface area contributed by atoms with Crippen LogP contribution in [0.3, 0.4) is 0 Å². The van der Waals surface area contributed by atoms with Crippen molar-refractivity contribution in [1.29, 1.82) is 0 Å². The Labute approximate surface area is 174 Å². The number of carbonyl (C=O) groups is 1. The summed E-state index contributed by atoms with van der Waals surface area (Å²) in [6, 6.07) is 5.78. The second-order valence-corrected chi connectivity index (χ2v) is 9.35. The molecule has 1 amide bonds. The molecule has 0 bridgehead atoms. The summed E-state index contributed by atoms with van der Waals surface area (Å²) in [6.07, 6.45) is 9.88. The quantitative estimate of drug-likeness (QED) is 0.399. The molecule has 2 aliphatic rings. The number of hydrogen-bond donors (Lipinski definition) is 0. The average Bonchev–Trinajstić information content (AvgIpc) is 2.98. The van der Waals surface area contributed by atoms with E-state index < -0.39 is 10.1 Å². The van der Waals surface area contributed by atoms with Crippen molar-refractivity contribution in [3.05, 3.63) is 64.9 Å². The molecule has 0 atom stereocenters. The van der Waals surface area contributed by atoms with E-state index in [0.717, 1.165) is 27.1 Å². The number of rotatable bonds is 2. The Bertz CT molecular complexity index is 975. The molecule has 1 aromatic rings. The summed E-state index contributed by atoms with van der Waals surface area (Å²) in [5.41, 5.74) is 1.91. The summed E-state index contributed by atoms with van der Waals surface area (Å²) in [5, 5.41) is 0. The normalized spacial score (nSPS) is 19.2. The molecule has 0 aliphatic carbocycles. The number of carbonyl (C=O) groups excluding carboxylic acids is 1. The standard InChI is InChI=1S/C12H15N2OS2.C7H8O3S/c1-4-14-11(15)10(17-12(14)16-3)9-7-5-6-8-13(9)2;1-6-2-4-7(5-3-6)11(8,9)10/h5-8H,4H2,1-3H3;2-5H,1H3,(H,8,9,10)/q+1;/p-1/b10-9-;. The molecule has 28 heavy (non-hydrogen) atoms. The molecule has 0 radical (unpaired) electrons.